The van der Waals surface area contributed by atoms with Gasteiger partial charge < -0.3 is 5.32 Å². The van der Waals surface area contributed by atoms with Crippen molar-refractivity contribution in [2.24, 2.45) is 0 Å². The predicted molar refractivity (Wildman–Crippen MR) is 119 cm³/mol. The van der Waals surface area contributed by atoms with Crippen LogP contribution in [0.15, 0.2) is 71.6 Å². The molecule has 1 aliphatic rings. The van der Waals surface area contributed by atoms with Crippen molar-refractivity contribution in [3.63, 3.8) is 0 Å². The summed E-state index contributed by atoms with van der Waals surface area (Å²) in [6.45, 7) is 1.82. The van der Waals surface area contributed by atoms with Crippen molar-refractivity contribution in [1.82, 2.24) is 9.62 Å². The van der Waals surface area contributed by atoms with E-state index in [-0.39, 0.29) is 22.6 Å². The minimum atomic E-state index is -3.51. The van der Waals surface area contributed by atoms with Gasteiger partial charge in [-0.3, -0.25) is 9.59 Å². The number of nitrogens with zero attached hydrogens (tertiary/aromatic N) is 1. The molecule has 0 saturated carbocycles. The number of benzene rings is 3. The highest BCUT2D eigenvalue weighted by molar-refractivity contribution is 7.89. The molecule has 158 valence electrons. The van der Waals surface area contributed by atoms with Gasteiger partial charge in [0.25, 0.3) is 5.91 Å². The number of hydrogen-bond acceptors (Lipinski definition) is 4. The monoisotopic (exact) mass is 434 g/mol. The maximum Gasteiger partial charge on any atom is 0.251 e. The van der Waals surface area contributed by atoms with Crippen LogP contribution in [-0.2, 0) is 10.0 Å². The van der Waals surface area contributed by atoms with E-state index in [1.807, 2.05) is 25.1 Å². The second kappa shape index (κ2) is 7.76. The molecule has 1 unspecified atom stereocenters. The smallest absolute Gasteiger partial charge is 0.251 e. The van der Waals surface area contributed by atoms with E-state index >= 15 is 0 Å². The average molecular weight is 435 g/mol. The molecule has 1 aliphatic carbocycles. The van der Waals surface area contributed by atoms with Crippen LogP contribution in [0.5, 0.6) is 0 Å². The lowest BCUT2D eigenvalue weighted by Crippen LogP contribution is -2.27. The number of carbonyl (C=O) groups excluding carboxylic acids is 2. The third-order valence-electron chi connectivity index (χ3n) is 5.49. The highest BCUT2D eigenvalue weighted by Crippen LogP contribution is 2.36. The fraction of sp³-hybridized carbons (Fsp3) is 0.167. The molecule has 6 nitrogen and oxygen atoms in total. The van der Waals surface area contributed by atoms with Gasteiger partial charge in [-0.25, -0.2) is 12.7 Å². The Bertz CT molecular complexity index is 1300. The van der Waals surface area contributed by atoms with E-state index in [2.05, 4.69) is 5.32 Å². The number of sulfonamides is 1. The van der Waals surface area contributed by atoms with E-state index < -0.39 is 10.0 Å². The molecule has 1 N–H and O–H groups in total. The van der Waals surface area contributed by atoms with Crippen LogP contribution in [-0.4, -0.2) is 38.5 Å². The minimum absolute atomic E-state index is 0.0778. The SMILES string of the molecule is CC(NC(=O)c1ccc2c(c1)C(=O)c1ccccc1-2)c1ccc(S(=O)(=O)N(C)C)cc1. The summed E-state index contributed by atoms with van der Waals surface area (Å²) in [5.41, 5.74) is 4.07. The summed E-state index contributed by atoms with van der Waals surface area (Å²) in [7, 11) is -0.549. The van der Waals surface area contributed by atoms with Crippen LogP contribution in [0.3, 0.4) is 0 Å². The molecular formula is C24H22N2O4S. The first-order valence-corrected chi connectivity index (χ1v) is 11.3. The van der Waals surface area contributed by atoms with Gasteiger partial charge >= 0.3 is 0 Å². The van der Waals surface area contributed by atoms with Crippen LogP contribution < -0.4 is 5.32 Å². The third-order valence-corrected chi connectivity index (χ3v) is 7.32. The summed E-state index contributed by atoms with van der Waals surface area (Å²) < 4.78 is 25.6. The topological polar surface area (TPSA) is 83.5 Å². The Balaban J connectivity index is 1.52. The van der Waals surface area contributed by atoms with Crippen LogP contribution >= 0.6 is 0 Å². The Morgan fingerprint density at radius 3 is 2.13 bits per heavy atom. The van der Waals surface area contributed by atoms with Crippen LogP contribution in [0.1, 0.15) is 44.8 Å². The van der Waals surface area contributed by atoms with Crippen LogP contribution in [0.4, 0.5) is 0 Å². The van der Waals surface area contributed by atoms with E-state index in [9.17, 15) is 18.0 Å². The summed E-state index contributed by atoms with van der Waals surface area (Å²) in [6.07, 6.45) is 0. The van der Waals surface area contributed by atoms with E-state index in [0.717, 1.165) is 21.0 Å². The van der Waals surface area contributed by atoms with Crippen molar-refractivity contribution < 1.29 is 18.0 Å². The molecule has 0 aliphatic heterocycles. The standard InChI is InChI=1S/C24H22N2O4S/c1-15(16-8-11-18(12-9-16)31(29,30)26(2)3)25-24(28)17-10-13-20-19-6-4-5-7-21(19)23(27)22(20)14-17/h4-15H,1-3H3,(H,25,28). The van der Waals surface area contributed by atoms with E-state index in [1.54, 1.807) is 36.4 Å². The Labute approximate surface area is 181 Å². The number of carbonyl (C=O) groups is 2. The second-order valence-electron chi connectivity index (χ2n) is 7.69. The molecule has 4 rings (SSSR count). The molecule has 0 heterocycles. The van der Waals surface area contributed by atoms with Gasteiger partial charge in [-0.15, -0.1) is 0 Å². The van der Waals surface area contributed by atoms with Gasteiger partial charge in [0.05, 0.1) is 10.9 Å². The lowest BCUT2D eigenvalue weighted by molar-refractivity contribution is 0.0940. The van der Waals surface area contributed by atoms with Gasteiger partial charge in [0, 0.05) is 30.8 Å². The third kappa shape index (κ3) is 3.66. The molecule has 0 spiro atoms. The zero-order valence-electron chi connectivity index (χ0n) is 17.4. The zero-order chi connectivity index (χ0) is 22.3. The first kappa shape index (κ1) is 21.0. The molecule has 1 amide bonds. The van der Waals surface area contributed by atoms with Gasteiger partial charge in [0.15, 0.2) is 5.78 Å². The summed E-state index contributed by atoms with van der Waals surface area (Å²) in [6, 6.07) is 18.6. The molecule has 3 aromatic carbocycles. The van der Waals surface area contributed by atoms with Gasteiger partial charge in [0.1, 0.15) is 0 Å². The maximum absolute atomic E-state index is 12.8. The highest BCUT2D eigenvalue weighted by atomic mass is 32.2. The molecule has 0 bridgehead atoms. The lowest BCUT2D eigenvalue weighted by atomic mass is 10.0. The van der Waals surface area contributed by atoms with E-state index in [4.69, 9.17) is 0 Å². The number of amides is 1. The molecule has 0 radical (unpaired) electrons. The number of nitrogens with one attached hydrogen (secondary N) is 1. The molecule has 0 fully saturated rings. The summed E-state index contributed by atoms with van der Waals surface area (Å²) >= 11 is 0. The minimum Gasteiger partial charge on any atom is -0.346 e. The van der Waals surface area contributed by atoms with Crippen LogP contribution in [0.25, 0.3) is 11.1 Å². The van der Waals surface area contributed by atoms with E-state index in [1.165, 1.54) is 26.2 Å². The molecule has 0 aromatic heterocycles. The van der Waals surface area contributed by atoms with Crippen molar-refractivity contribution in [3.05, 3.63) is 89.0 Å². The summed E-state index contributed by atoms with van der Waals surface area (Å²) in [5.74, 6) is -0.380. The van der Waals surface area contributed by atoms with Crippen LogP contribution in [0, 0.1) is 0 Å². The molecular weight excluding hydrogens is 412 g/mol. The van der Waals surface area contributed by atoms with Gasteiger partial charge in [-0.2, -0.15) is 0 Å². The first-order valence-electron chi connectivity index (χ1n) is 9.81. The zero-order valence-corrected chi connectivity index (χ0v) is 18.2. The summed E-state index contributed by atoms with van der Waals surface area (Å²) in [5, 5.41) is 2.91. The van der Waals surface area contributed by atoms with Crippen molar-refractivity contribution in [3.8, 4) is 11.1 Å². The van der Waals surface area contributed by atoms with Crippen molar-refractivity contribution in [1.29, 1.82) is 0 Å². The number of rotatable bonds is 5. The van der Waals surface area contributed by atoms with Crippen LogP contribution in [0.2, 0.25) is 0 Å². The highest BCUT2D eigenvalue weighted by Gasteiger charge is 2.27. The number of hydrogen-bond donors (Lipinski definition) is 1. The average Bonchev–Trinajstić information content (AvgIpc) is 3.05. The quantitative estimate of drug-likeness (QED) is 0.520. The molecule has 7 heteroatoms. The predicted octanol–water partition coefficient (Wildman–Crippen LogP) is 3.64. The Hall–Kier alpha value is -3.29. The second-order valence-corrected chi connectivity index (χ2v) is 9.84. The Kier molecular flexibility index (Phi) is 5.24. The largest absolute Gasteiger partial charge is 0.346 e. The first-order chi connectivity index (χ1) is 14.7. The number of fused-ring (bicyclic) bond motifs is 3. The van der Waals surface area contributed by atoms with Gasteiger partial charge in [0.2, 0.25) is 10.0 Å². The number of ketones is 1. The fourth-order valence-electron chi connectivity index (χ4n) is 3.67. The van der Waals surface area contributed by atoms with E-state index in [0.29, 0.717) is 16.7 Å². The lowest BCUT2D eigenvalue weighted by Gasteiger charge is -2.16. The van der Waals surface area contributed by atoms with Gasteiger partial charge in [-0.1, -0.05) is 42.5 Å². The molecule has 0 saturated heterocycles. The fourth-order valence-corrected chi connectivity index (χ4v) is 4.57. The molecule has 31 heavy (non-hydrogen) atoms. The van der Waals surface area contributed by atoms with Crippen molar-refractivity contribution in [2.45, 2.75) is 17.9 Å². The maximum atomic E-state index is 12.8. The van der Waals surface area contributed by atoms with Gasteiger partial charge in [-0.05, 0) is 47.9 Å². The summed E-state index contributed by atoms with van der Waals surface area (Å²) in [4.78, 5) is 25.7. The van der Waals surface area contributed by atoms with Crippen molar-refractivity contribution >= 4 is 21.7 Å². The Morgan fingerprint density at radius 1 is 0.871 bits per heavy atom. The Morgan fingerprint density at radius 2 is 1.48 bits per heavy atom. The molecule has 3 aromatic rings. The molecule has 1 atom stereocenters. The normalized spacial score (nSPS) is 13.6. The van der Waals surface area contributed by atoms with Crippen molar-refractivity contribution in [2.75, 3.05) is 14.1 Å².